The zero-order chi connectivity index (χ0) is 14.3. The van der Waals surface area contributed by atoms with Gasteiger partial charge in [-0.15, -0.1) is 5.10 Å². The van der Waals surface area contributed by atoms with Crippen LogP contribution in [0.25, 0.3) is 0 Å². The summed E-state index contributed by atoms with van der Waals surface area (Å²) in [4.78, 5) is 15.2. The average Bonchev–Trinajstić information content (AvgIpc) is 2.90. The molecule has 0 amide bonds. The van der Waals surface area contributed by atoms with Crippen LogP contribution < -0.4 is 4.74 Å². The number of carboxylic acids is 1. The van der Waals surface area contributed by atoms with Crippen LogP contribution in [0, 0.1) is 6.92 Å². The molecule has 0 radical (unpaired) electrons. The molecule has 2 unspecified atom stereocenters. The van der Waals surface area contributed by atoms with Crippen molar-refractivity contribution < 1.29 is 14.6 Å². The molecular weight excluding hydrogens is 258 g/mol. The van der Waals surface area contributed by atoms with Crippen LogP contribution in [0.1, 0.15) is 29.7 Å². The third-order valence-corrected chi connectivity index (χ3v) is 3.67. The van der Waals surface area contributed by atoms with Crippen LogP contribution in [0.2, 0.25) is 0 Å². The van der Waals surface area contributed by atoms with Gasteiger partial charge in [0.15, 0.2) is 0 Å². The molecule has 1 N–H and O–H groups in total. The molecule has 0 saturated carbocycles. The summed E-state index contributed by atoms with van der Waals surface area (Å²) in [6, 6.07) is 3.85. The van der Waals surface area contributed by atoms with Crippen molar-refractivity contribution in [2.75, 3.05) is 0 Å². The van der Waals surface area contributed by atoms with E-state index in [1.165, 1.54) is 0 Å². The molecule has 3 heterocycles. The fourth-order valence-corrected chi connectivity index (χ4v) is 2.60. The van der Waals surface area contributed by atoms with Crippen molar-refractivity contribution in [2.45, 2.75) is 32.4 Å². The zero-order valence-electron chi connectivity index (χ0n) is 11.3. The Balaban J connectivity index is 1.90. The highest BCUT2D eigenvalue weighted by Gasteiger charge is 2.40. The Kier molecular flexibility index (Phi) is 2.93. The Bertz CT molecular complexity index is 651. The molecule has 6 heteroatoms. The van der Waals surface area contributed by atoms with Gasteiger partial charge in [-0.3, -0.25) is 9.67 Å². The first kappa shape index (κ1) is 12.7. The number of ether oxygens (including phenoxy) is 1. The Labute approximate surface area is 116 Å². The van der Waals surface area contributed by atoms with Gasteiger partial charge in [-0.1, -0.05) is 13.0 Å². The lowest BCUT2D eigenvalue weighted by atomic mass is 9.98. The summed E-state index contributed by atoms with van der Waals surface area (Å²) in [5.41, 5.74) is 2.88. The lowest BCUT2D eigenvalue weighted by molar-refractivity contribution is -0.145. The highest BCUT2D eigenvalue weighted by Crippen LogP contribution is 2.39. The standard InChI is InChI=1S/C14H15N3O3/c1-8-11-9(2)17(7-10-4-3-5-15-6-10)16-13(11)20-12(8)14(18)19/h3-6,8,12H,7H2,1-2H3,(H,18,19). The molecule has 6 nitrogen and oxygen atoms in total. The van der Waals surface area contributed by atoms with Gasteiger partial charge in [0, 0.05) is 29.6 Å². The van der Waals surface area contributed by atoms with Gasteiger partial charge >= 0.3 is 5.97 Å². The summed E-state index contributed by atoms with van der Waals surface area (Å²) in [7, 11) is 0. The smallest absolute Gasteiger partial charge is 0.345 e. The molecule has 2 aromatic heterocycles. The molecule has 1 aliphatic rings. The van der Waals surface area contributed by atoms with Crippen LogP contribution in [0.3, 0.4) is 0 Å². The zero-order valence-corrected chi connectivity index (χ0v) is 11.3. The second-order valence-electron chi connectivity index (χ2n) is 4.99. The summed E-state index contributed by atoms with van der Waals surface area (Å²) in [6.07, 6.45) is 2.68. The van der Waals surface area contributed by atoms with E-state index < -0.39 is 12.1 Å². The summed E-state index contributed by atoms with van der Waals surface area (Å²) in [5, 5.41) is 13.5. The fourth-order valence-electron chi connectivity index (χ4n) is 2.60. The van der Waals surface area contributed by atoms with E-state index in [9.17, 15) is 4.79 Å². The predicted octanol–water partition coefficient (Wildman–Crippen LogP) is 1.58. The van der Waals surface area contributed by atoms with Crippen molar-refractivity contribution in [3.63, 3.8) is 0 Å². The molecule has 0 spiro atoms. The first-order valence-corrected chi connectivity index (χ1v) is 6.43. The molecule has 3 rings (SSSR count). The maximum Gasteiger partial charge on any atom is 0.345 e. The minimum Gasteiger partial charge on any atom is -0.478 e. The lowest BCUT2D eigenvalue weighted by Crippen LogP contribution is -2.28. The first-order valence-electron chi connectivity index (χ1n) is 6.43. The van der Waals surface area contributed by atoms with Gasteiger partial charge in [0.05, 0.1) is 6.54 Å². The van der Waals surface area contributed by atoms with Crippen molar-refractivity contribution in [3.8, 4) is 5.88 Å². The normalized spacial score (nSPS) is 20.5. The molecule has 0 aromatic carbocycles. The van der Waals surface area contributed by atoms with Crippen molar-refractivity contribution in [3.05, 3.63) is 41.3 Å². The number of nitrogens with zero attached hydrogens (tertiary/aromatic N) is 3. The highest BCUT2D eigenvalue weighted by atomic mass is 16.5. The van der Waals surface area contributed by atoms with Crippen LogP contribution in [0.4, 0.5) is 0 Å². The Morgan fingerprint density at radius 2 is 2.35 bits per heavy atom. The monoisotopic (exact) mass is 273 g/mol. The first-order chi connectivity index (χ1) is 9.58. The minimum absolute atomic E-state index is 0.190. The van der Waals surface area contributed by atoms with E-state index in [4.69, 9.17) is 9.84 Å². The van der Waals surface area contributed by atoms with E-state index in [1.807, 2.05) is 30.7 Å². The number of rotatable bonds is 3. The molecule has 2 aromatic rings. The molecular formula is C14H15N3O3. The molecule has 0 saturated heterocycles. The summed E-state index contributed by atoms with van der Waals surface area (Å²) >= 11 is 0. The van der Waals surface area contributed by atoms with Crippen molar-refractivity contribution in [1.82, 2.24) is 14.8 Å². The number of pyridine rings is 1. The van der Waals surface area contributed by atoms with Crippen molar-refractivity contribution >= 4 is 5.97 Å². The summed E-state index contributed by atoms with van der Waals surface area (Å²) in [5.74, 6) is -0.704. The SMILES string of the molecule is Cc1c2c(nn1Cc1cccnc1)OC(C(=O)O)C2C. The van der Waals surface area contributed by atoms with Gasteiger partial charge in [0.25, 0.3) is 0 Å². The van der Waals surface area contributed by atoms with Crippen LogP contribution in [-0.2, 0) is 11.3 Å². The number of aromatic nitrogens is 3. The van der Waals surface area contributed by atoms with Crippen molar-refractivity contribution in [2.24, 2.45) is 0 Å². The second kappa shape index (κ2) is 4.63. The predicted molar refractivity (Wildman–Crippen MR) is 70.8 cm³/mol. The Morgan fingerprint density at radius 1 is 1.55 bits per heavy atom. The number of hydrogen-bond acceptors (Lipinski definition) is 4. The van der Waals surface area contributed by atoms with E-state index >= 15 is 0 Å². The van der Waals surface area contributed by atoms with Crippen molar-refractivity contribution in [1.29, 1.82) is 0 Å². The molecule has 2 atom stereocenters. The van der Waals surface area contributed by atoms with E-state index in [0.717, 1.165) is 16.8 Å². The van der Waals surface area contributed by atoms with Gasteiger partial charge in [0.1, 0.15) is 0 Å². The number of hydrogen-bond donors (Lipinski definition) is 1. The Morgan fingerprint density at radius 3 is 2.95 bits per heavy atom. The quantitative estimate of drug-likeness (QED) is 0.918. The van der Waals surface area contributed by atoms with Crippen LogP contribution >= 0.6 is 0 Å². The van der Waals surface area contributed by atoms with E-state index in [0.29, 0.717) is 12.4 Å². The van der Waals surface area contributed by atoms with Gasteiger partial charge in [-0.25, -0.2) is 4.79 Å². The molecule has 0 fully saturated rings. The lowest BCUT2D eigenvalue weighted by Gasteiger charge is -2.12. The van der Waals surface area contributed by atoms with E-state index in [1.54, 1.807) is 12.4 Å². The maximum atomic E-state index is 11.1. The number of aliphatic carboxylic acids is 1. The van der Waals surface area contributed by atoms with Gasteiger partial charge in [-0.2, -0.15) is 0 Å². The third-order valence-electron chi connectivity index (χ3n) is 3.67. The van der Waals surface area contributed by atoms with Crippen LogP contribution in [0.5, 0.6) is 5.88 Å². The molecule has 20 heavy (non-hydrogen) atoms. The molecule has 1 aliphatic heterocycles. The maximum absolute atomic E-state index is 11.1. The summed E-state index contributed by atoms with van der Waals surface area (Å²) in [6.45, 7) is 4.39. The number of carboxylic acid groups (broad SMARTS) is 1. The van der Waals surface area contributed by atoms with E-state index in [2.05, 4.69) is 10.1 Å². The average molecular weight is 273 g/mol. The second-order valence-corrected chi connectivity index (χ2v) is 4.99. The minimum atomic E-state index is -0.950. The topological polar surface area (TPSA) is 77.2 Å². The van der Waals surface area contributed by atoms with Gasteiger partial charge in [0.2, 0.25) is 12.0 Å². The van der Waals surface area contributed by atoms with Gasteiger partial charge in [-0.05, 0) is 18.6 Å². The molecule has 0 bridgehead atoms. The molecule has 104 valence electrons. The highest BCUT2D eigenvalue weighted by molar-refractivity contribution is 5.75. The Hall–Kier alpha value is -2.37. The van der Waals surface area contributed by atoms with Gasteiger partial charge < -0.3 is 9.84 Å². The van der Waals surface area contributed by atoms with Crippen LogP contribution in [-0.4, -0.2) is 31.9 Å². The van der Waals surface area contributed by atoms with Crippen LogP contribution in [0.15, 0.2) is 24.5 Å². The summed E-state index contributed by atoms with van der Waals surface area (Å²) < 4.78 is 7.26. The third kappa shape index (κ3) is 1.93. The number of carbonyl (C=O) groups is 1. The fraction of sp³-hybridized carbons (Fsp3) is 0.357. The molecule has 0 aliphatic carbocycles. The number of fused-ring (bicyclic) bond motifs is 1. The largest absolute Gasteiger partial charge is 0.478 e. The van der Waals surface area contributed by atoms with E-state index in [-0.39, 0.29) is 5.92 Å².